The SMILES string of the molecule is CCC(N)(N)C(N)(N)C(N)N. The Morgan fingerprint density at radius 3 is 1.55 bits per heavy atom. The lowest BCUT2D eigenvalue weighted by Gasteiger charge is -2.41. The average molecular weight is 162 g/mol. The van der Waals surface area contributed by atoms with E-state index in [2.05, 4.69) is 0 Å². The molecule has 0 aliphatic heterocycles. The first kappa shape index (κ1) is 10.8. The van der Waals surface area contributed by atoms with E-state index < -0.39 is 17.5 Å². The lowest BCUT2D eigenvalue weighted by Crippen LogP contribution is -2.83. The molecule has 0 aliphatic carbocycles. The normalized spacial score (nSPS) is 14.2. The van der Waals surface area contributed by atoms with E-state index in [0.29, 0.717) is 6.42 Å². The smallest absolute Gasteiger partial charge is 0.124 e. The summed E-state index contributed by atoms with van der Waals surface area (Å²) in [5.74, 6) is 0. The molecule has 0 radical (unpaired) electrons. The third kappa shape index (κ3) is 1.86. The minimum absolute atomic E-state index is 0.408. The lowest BCUT2D eigenvalue weighted by molar-refractivity contribution is 0.187. The van der Waals surface area contributed by atoms with Crippen molar-refractivity contribution in [1.82, 2.24) is 0 Å². The molecule has 0 aromatic rings. The van der Waals surface area contributed by atoms with Crippen LogP contribution in [0.4, 0.5) is 0 Å². The van der Waals surface area contributed by atoms with E-state index in [4.69, 9.17) is 34.4 Å². The van der Waals surface area contributed by atoms with E-state index in [-0.39, 0.29) is 0 Å². The van der Waals surface area contributed by atoms with Crippen molar-refractivity contribution in [3.63, 3.8) is 0 Å². The Hall–Kier alpha value is -0.240. The minimum Gasteiger partial charge on any atom is -0.313 e. The standard InChI is InChI=1S/C5H18N6/c1-2-4(8,9)5(10,11)3(6)7/h3H,2,6-11H2,1H3. The van der Waals surface area contributed by atoms with E-state index in [9.17, 15) is 0 Å². The van der Waals surface area contributed by atoms with Crippen LogP contribution in [-0.4, -0.2) is 17.5 Å². The van der Waals surface area contributed by atoms with E-state index in [0.717, 1.165) is 0 Å². The van der Waals surface area contributed by atoms with Crippen LogP contribution in [0, 0.1) is 0 Å². The van der Waals surface area contributed by atoms with E-state index in [1.807, 2.05) is 0 Å². The van der Waals surface area contributed by atoms with E-state index in [1.54, 1.807) is 6.92 Å². The molecular weight excluding hydrogens is 144 g/mol. The Morgan fingerprint density at radius 1 is 1.09 bits per heavy atom. The Morgan fingerprint density at radius 2 is 1.45 bits per heavy atom. The summed E-state index contributed by atoms with van der Waals surface area (Å²) in [5, 5.41) is 0. The molecule has 6 nitrogen and oxygen atoms in total. The fourth-order valence-corrected chi connectivity index (χ4v) is 0.616. The number of rotatable bonds is 3. The lowest BCUT2D eigenvalue weighted by atomic mass is 9.91. The number of hydrogen-bond acceptors (Lipinski definition) is 6. The van der Waals surface area contributed by atoms with Crippen molar-refractivity contribution in [2.45, 2.75) is 30.8 Å². The molecule has 12 N–H and O–H groups in total. The van der Waals surface area contributed by atoms with Gasteiger partial charge in [0, 0.05) is 0 Å². The third-order valence-corrected chi connectivity index (χ3v) is 1.94. The Labute approximate surface area is 66.2 Å². The molecule has 0 fully saturated rings. The molecule has 0 rings (SSSR count). The van der Waals surface area contributed by atoms with Crippen LogP contribution in [0.15, 0.2) is 0 Å². The second kappa shape index (κ2) is 3.02. The number of hydrogen-bond donors (Lipinski definition) is 6. The zero-order valence-electron chi connectivity index (χ0n) is 6.75. The van der Waals surface area contributed by atoms with Crippen LogP contribution in [0.2, 0.25) is 0 Å². The fraction of sp³-hybridized carbons (Fsp3) is 1.00. The van der Waals surface area contributed by atoms with Crippen molar-refractivity contribution < 1.29 is 0 Å². The van der Waals surface area contributed by atoms with Gasteiger partial charge in [-0.3, -0.25) is 0 Å². The molecule has 0 saturated carbocycles. The quantitative estimate of drug-likeness (QED) is 0.241. The summed E-state index contributed by atoms with van der Waals surface area (Å²) in [6.07, 6.45) is -0.525. The van der Waals surface area contributed by atoms with E-state index in [1.165, 1.54) is 0 Å². The van der Waals surface area contributed by atoms with Crippen LogP contribution in [0.25, 0.3) is 0 Å². The molecule has 0 spiro atoms. The van der Waals surface area contributed by atoms with Crippen LogP contribution in [-0.2, 0) is 0 Å². The van der Waals surface area contributed by atoms with Gasteiger partial charge in [0.05, 0.1) is 11.8 Å². The van der Waals surface area contributed by atoms with Crippen molar-refractivity contribution in [2.24, 2.45) is 34.4 Å². The molecular formula is C5H18N6. The van der Waals surface area contributed by atoms with Crippen LogP contribution in [0.3, 0.4) is 0 Å². The molecule has 0 atom stereocenters. The molecule has 0 aliphatic rings. The van der Waals surface area contributed by atoms with Crippen molar-refractivity contribution in [3.8, 4) is 0 Å². The molecule has 11 heavy (non-hydrogen) atoms. The van der Waals surface area contributed by atoms with Gasteiger partial charge in [-0.2, -0.15) is 0 Å². The summed E-state index contributed by atoms with van der Waals surface area (Å²) in [6.45, 7) is 1.76. The van der Waals surface area contributed by atoms with Crippen LogP contribution >= 0.6 is 0 Å². The van der Waals surface area contributed by atoms with Crippen LogP contribution < -0.4 is 34.4 Å². The predicted octanol–water partition coefficient (Wildman–Crippen LogP) is -3.13. The van der Waals surface area contributed by atoms with Crippen LogP contribution in [0.1, 0.15) is 13.3 Å². The summed E-state index contributed by atoms with van der Waals surface area (Å²) in [5.41, 5.74) is 30.1. The molecule has 0 unspecified atom stereocenters. The van der Waals surface area contributed by atoms with Crippen LogP contribution in [0.5, 0.6) is 0 Å². The highest BCUT2D eigenvalue weighted by atomic mass is 15.2. The minimum atomic E-state index is -1.44. The maximum atomic E-state index is 5.56. The first-order chi connectivity index (χ1) is 4.75. The van der Waals surface area contributed by atoms with Crippen molar-refractivity contribution in [2.75, 3.05) is 0 Å². The molecule has 68 valence electrons. The molecule has 0 aromatic heterocycles. The molecule has 0 aromatic carbocycles. The monoisotopic (exact) mass is 162 g/mol. The van der Waals surface area contributed by atoms with Gasteiger partial charge in [0.15, 0.2) is 0 Å². The van der Waals surface area contributed by atoms with Crippen molar-refractivity contribution >= 4 is 0 Å². The first-order valence-corrected chi connectivity index (χ1v) is 3.42. The average Bonchev–Trinajstić information content (AvgIpc) is 1.87. The predicted molar refractivity (Wildman–Crippen MR) is 44.7 cm³/mol. The van der Waals surface area contributed by atoms with Gasteiger partial charge in [0.1, 0.15) is 5.66 Å². The molecule has 0 saturated heterocycles. The van der Waals surface area contributed by atoms with Gasteiger partial charge in [0.2, 0.25) is 0 Å². The summed E-state index contributed by atoms with van der Waals surface area (Å²) in [4.78, 5) is 0. The second-order valence-corrected chi connectivity index (χ2v) is 2.85. The van der Waals surface area contributed by atoms with Gasteiger partial charge >= 0.3 is 0 Å². The van der Waals surface area contributed by atoms with Gasteiger partial charge in [-0.15, -0.1) is 0 Å². The maximum absolute atomic E-state index is 5.56. The summed E-state index contributed by atoms with van der Waals surface area (Å²) < 4.78 is 0. The van der Waals surface area contributed by atoms with Crippen molar-refractivity contribution in [1.29, 1.82) is 0 Å². The summed E-state index contributed by atoms with van der Waals surface area (Å²) >= 11 is 0. The third-order valence-electron chi connectivity index (χ3n) is 1.94. The maximum Gasteiger partial charge on any atom is 0.124 e. The van der Waals surface area contributed by atoms with E-state index >= 15 is 0 Å². The van der Waals surface area contributed by atoms with Gasteiger partial charge in [-0.05, 0) is 6.42 Å². The molecule has 0 amide bonds. The van der Waals surface area contributed by atoms with Gasteiger partial charge < -0.3 is 34.4 Å². The number of nitrogens with two attached hydrogens (primary N) is 6. The Balaban J connectivity index is 4.53. The van der Waals surface area contributed by atoms with Gasteiger partial charge in [0.25, 0.3) is 0 Å². The summed E-state index contributed by atoms with van der Waals surface area (Å²) in [7, 11) is 0. The highest BCUT2D eigenvalue weighted by Gasteiger charge is 2.42. The Kier molecular flexibility index (Phi) is 2.95. The fourth-order valence-electron chi connectivity index (χ4n) is 0.616. The summed E-state index contributed by atoms with van der Waals surface area (Å²) in [6, 6.07) is 0. The molecule has 0 bridgehead atoms. The van der Waals surface area contributed by atoms with Gasteiger partial charge in [-0.1, -0.05) is 6.92 Å². The Bertz CT molecular complexity index is 129. The first-order valence-electron chi connectivity index (χ1n) is 3.42. The zero-order chi connectivity index (χ0) is 9.28. The topological polar surface area (TPSA) is 156 Å². The molecule has 0 heterocycles. The largest absolute Gasteiger partial charge is 0.313 e. The zero-order valence-corrected chi connectivity index (χ0v) is 6.75. The highest BCUT2D eigenvalue weighted by molar-refractivity contribution is 5.02. The van der Waals surface area contributed by atoms with Gasteiger partial charge in [-0.25, -0.2) is 0 Å². The second-order valence-electron chi connectivity index (χ2n) is 2.85. The molecule has 6 heteroatoms. The highest BCUT2D eigenvalue weighted by Crippen LogP contribution is 2.10. The van der Waals surface area contributed by atoms with Crippen molar-refractivity contribution in [3.05, 3.63) is 0 Å².